The fourth-order valence-electron chi connectivity index (χ4n) is 1.31. The minimum absolute atomic E-state index is 0.0916. The molecule has 0 heterocycles. The lowest BCUT2D eigenvalue weighted by Gasteiger charge is -2.12. The fraction of sp³-hybridized carbons (Fsp3) is 0.455. The van der Waals surface area contributed by atoms with E-state index in [1.54, 1.807) is 0 Å². The first-order chi connectivity index (χ1) is 6.69. The fourth-order valence-corrected chi connectivity index (χ4v) is 1.49. The van der Waals surface area contributed by atoms with Crippen LogP contribution in [0.15, 0.2) is 18.2 Å². The van der Waals surface area contributed by atoms with Crippen LogP contribution in [0.1, 0.15) is 24.1 Å². The first-order valence-corrected chi connectivity index (χ1v) is 5.27. The van der Waals surface area contributed by atoms with Gasteiger partial charge in [0.25, 0.3) is 0 Å². The second kappa shape index (κ2) is 5.23. The van der Waals surface area contributed by atoms with Crippen molar-refractivity contribution in [3.8, 4) is 5.75 Å². The van der Waals surface area contributed by atoms with E-state index in [9.17, 15) is 0 Å². The molecule has 0 amide bonds. The third-order valence-corrected chi connectivity index (χ3v) is 2.43. The van der Waals surface area contributed by atoms with Crippen molar-refractivity contribution in [1.29, 1.82) is 0 Å². The van der Waals surface area contributed by atoms with Crippen molar-refractivity contribution in [3.63, 3.8) is 0 Å². The van der Waals surface area contributed by atoms with Crippen molar-refractivity contribution < 1.29 is 4.74 Å². The molecule has 1 aromatic rings. The average Bonchev–Trinajstić information content (AvgIpc) is 2.20. The summed E-state index contributed by atoms with van der Waals surface area (Å²) in [6, 6.07) is 5.84. The number of aryl methyl sites for hydroxylation is 1. The Morgan fingerprint density at radius 3 is 2.71 bits per heavy atom. The van der Waals surface area contributed by atoms with E-state index in [1.807, 2.05) is 32.0 Å². The second-order valence-corrected chi connectivity index (χ2v) is 3.53. The van der Waals surface area contributed by atoms with Gasteiger partial charge in [-0.1, -0.05) is 12.1 Å². The van der Waals surface area contributed by atoms with E-state index in [1.165, 1.54) is 0 Å². The maximum absolute atomic E-state index is 5.81. The van der Waals surface area contributed by atoms with Gasteiger partial charge in [-0.15, -0.1) is 11.6 Å². The van der Waals surface area contributed by atoms with Crippen LogP contribution >= 0.6 is 11.6 Å². The third kappa shape index (κ3) is 2.63. The molecule has 14 heavy (non-hydrogen) atoms. The van der Waals surface area contributed by atoms with E-state index in [2.05, 4.69) is 0 Å². The van der Waals surface area contributed by atoms with Crippen molar-refractivity contribution >= 4 is 11.6 Å². The smallest absolute Gasteiger partial charge is 0.122 e. The lowest BCUT2D eigenvalue weighted by atomic mass is 10.1. The van der Waals surface area contributed by atoms with Gasteiger partial charge in [0, 0.05) is 11.9 Å². The van der Waals surface area contributed by atoms with Crippen LogP contribution in [0.25, 0.3) is 0 Å². The highest BCUT2D eigenvalue weighted by atomic mass is 35.5. The van der Waals surface area contributed by atoms with Crippen LogP contribution in [0, 0.1) is 6.92 Å². The zero-order valence-electron chi connectivity index (χ0n) is 8.59. The van der Waals surface area contributed by atoms with Crippen LogP contribution in [0.2, 0.25) is 0 Å². The largest absolute Gasteiger partial charge is 0.494 e. The van der Waals surface area contributed by atoms with Crippen LogP contribution in [-0.4, -0.2) is 12.5 Å². The Labute approximate surface area is 90.0 Å². The molecule has 0 bridgehead atoms. The first kappa shape index (κ1) is 11.3. The Morgan fingerprint density at radius 2 is 2.21 bits per heavy atom. The van der Waals surface area contributed by atoms with Gasteiger partial charge in [0.15, 0.2) is 0 Å². The van der Waals surface area contributed by atoms with Gasteiger partial charge < -0.3 is 10.5 Å². The molecule has 2 N–H and O–H groups in total. The molecule has 1 rings (SSSR count). The van der Waals surface area contributed by atoms with Gasteiger partial charge in [0.2, 0.25) is 0 Å². The molecular formula is C11H16ClNO. The summed E-state index contributed by atoms with van der Waals surface area (Å²) >= 11 is 5.68. The lowest BCUT2D eigenvalue weighted by molar-refractivity contribution is 0.337. The van der Waals surface area contributed by atoms with Crippen molar-refractivity contribution in [1.82, 2.24) is 0 Å². The third-order valence-electron chi connectivity index (χ3n) is 2.09. The summed E-state index contributed by atoms with van der Waals surface area (Å²) in [4.78, 5) is 0. The Bertz CT molecular complexity index is 301. The van der Waals surface area contributed by atoms with Gasteiger partial charge in [-0.2, -0.15) is 0 Å². The number of hydrogen-bond acceptors (Lipinski definition) is 2. The van der Waals surface area contributed by atoms with Gasteiger partial charge >= 0.3 is 0 Å². The van der Waals surface area contributed by atoms with Gasteiger partial charge in [-0.25, -0.2) is 0 Å². The first-order valence-electron chi connectivity index (χ1n) is 4.74. The van der Waals surface area contributed by atoms with Crippen molar-refractivity contribution in [2.24, 2.45) is 5.73 Å². The standard InChI is InChI=1S/C11H16ClNO/c1-3-14-11-5-4-9(6-8(11)2)10(13)7-12/h4-6,10H,3,7,13H2,1-2H3. The molecule has 2 nitrogen and oxygen atoms in total. The molecule has 0 aliphatic rings. The lowest BCUT2D eigenvalue weighted by Crippen LogP contribution is -2.11. The van der Waals surface area contributed by atoms with Crippen molar-refractivity contribution in [2.45, 2.75) is 19.9 Å². The average molecular weight is 214 g/mol. The molecule has 3 heteroatoms. The summed E-state index contributed by atoms with van der Waals surface area (Å²) < 4.78 is 5.43. The van der Waals surface area contributed by atoms with Crippen LogP contribution in [0.5, 0.6) is 5.75 Å². The van der Waals surface area contributed by atoms with E-state index >= 15 is 0 Å². The Balaban J connectivity index is 2.88. The van der Waals surface area contributed by atoms with E-state index < -0.39 is 0 Å². The molecule has 1 aromatic carbocycles. The quantitative estimate of drug-likeness (QED) is 0.781. The SMILES string of the molecule is CCOc1ccc(C(N)CCl)cc1C. The molecule has 0 saturated carbocycles. The number of benzene rings is 1. The van der Waals surface area contributed by atoms with Gasteiger partial charge in [-0.05, 0) is 31.0 Å². The molecule has 0 saturated heterocycles. The van der Waals surface area contributed by atoms with E-state index in [0.29, 0.717) is 12.5 Å². The predicted molar refractivity (Wildman–Crippen MR) is 60.0 cm³/mol. The van der Waals surface area contributed by atoms with Gasteiger partial charge in [0.1, 0.15) is 5.75 Å². The molecular weight excluding hydrogens is 198 g/mol. The predicted octanol–water partition coefficient (Wildman–Crippen LogP) is 2.63. The molecule has 0 aliphatic carbocycles. The summed E-state index contributed by atoms with van der Waals surface area (Å²) in [5.41, 5.74) is 7.97. The zero-order valence-corrected chi connectivity index (χ0v) is 9.34. The minimum atomic E-state index is -0.0916. The van der Waals surface area contributed by atoms with E-state index in [4.69, 9.17) is 22.1 Å². The van der Waals surface area contributed by atoms with Crippen LogP contribution in [-0.2, 0) is 0 Å². The number of halogens is 1. The highest BCUT2D eigenvalue weighted by molar-refractivity contribution is 6.18. The highest BCUT2D eigenvalue weighted by Crippen LogP contribution is 2.22. The number of ether oxygens (including phenoxy) is 1. The normalized spacial score (nSPS) is 12.6. The Hall–Kier alpha value is -0.730. The van der Waals surface area contributed by atoms with Gasteiger partial charge in [-0.3, -0.25) is 0 Å². The number of rotatable bonds is 4. The van der Waals surface area contributed by atoms with Crippen LogP contribution < -0.4 is 10.5 Å². The molecule has 0 aromatic heterocycles. The van der Waals surface area contributed by atoms with E-state index in [0.717, 1.165) is 16.9 Å². The molecule has 0 aliphatic heterocycles. The molecule has 1 unspecified atom stereocenters. The van der Waals surface area contributed by atoms with Crippen LogP contribution in [0.4, 0.5) is 0 Å². The molecule has 0 radical (unpaired) electrons. The summed E-state index contributed by atoms with van der Waals surface area (Å²) in [6.45, 7) is 4.66. The summed E-state index contributed by atoms with van der Waals surface area (Å²) in [5.74, 6) is 1.35. The maximum Gasteiger partial charge on any atom is 0.122 e. The summed E-state index contributed by atoms with van der Waals surface area (Å²) in [6.07, 6.45) is 0. The Kier molecular flexibility index (Phi) is 4.23. The molecule has 78 valence electrons. The second-order valence-electron chi connectivity index (χ2n) is 3.22. The number of hydrogen-bond donors (Lipinski definition) is 1. The topological polar surface area (TPSA) is 35.2 Å². The summed E-state index contributed by atoms with van der Waals surface area (Å²) in [5, 5.41) is 0. The number of nitrogens with two attached hydrogens (primary N) is 1. The monoisotopic (exact) mass is 213 g/mol. The highest BCUT2D eigenvalue weighted by Gasteiger charge is 2.06. The van der Waals surface area contributed by atoms with Crippen LogP contribution in [0.3, 0.4) is 0 Å². The Morgan fingerprint density at radius 1 is 1.50 bits per heavy atom. The summed E-state index contributed by atoms with van der Waals surface area (Å²) in [7, 11) is 0. The number of alkyl halides is 1. The van der Waals surface area contributed by atoms with E-state index in [-0.39, 0.29) is 6.04 Å². The van der Waals surface area contributed by atoms with Gasteiger partial charge in [0.05, 0.1) is 6.61 Å². The van der Waals surface area contributed by atoms with Crippen molar-refractivity contribution in [3.05, 3.63) is 29.3 Å². The molecule has 0 spiro atoms. The maximum atomic E-state index is 5.81. The molecule has 1 atom stereocenters. The van der Waals surface area contributed by atoms with Crippen molar-refractivity contribution in [2.75, 3.05) is 12.5 Å². The minimum Gasteiger partial charge on any atom is -0.494 e. The zero-order chi connectivity index (χ0) is 10.6. The molecule has 0 fully saturated rings.